The summed E-state index contributed by atoms with van der Waals surface area (Å²) in [6.45, 7) is 7.08. The number of hydrogen-bond acceptors (Lipinski definition) is 7. The van der Waals surface area contributed by atoms with E-state index in [1.165, 1.54) is 16.1 Å². The molecule has 1 aliphatic heterocycles. The highest BCUT2D eigenvalue weighted by Gasteiger charge is 2.44. The molecule has 1 aliphatic carbocycles. The highest BCUT2D eigenvalue weighted by molar-refractivity contribution is 7.89. The van der Waals surface area contributed by atoms with Gasteiger partial charge in [-0.15, -0.1) is 11.3 Å². The van der Waals surface area contributed by atoms with Crippen molar-refractivity contribution in [1.29, 1.82) is 0 Å². The van der Waals surface area contributed by atoms with Gasteiger partial charge in [0.25, 0.3) is 0 Å². The summed E-state index contributed by atoms with van der Waals surface area (Å²) in [6.07, 6.45) is 5.90. The van der Waals surface area contributed by atoms with Crippen molar-refractivity contribution in [3.8, 4) is 11.8 Å². The SMILES string of the molecule is Cc1oncc1S(=O)(=O)N1CC(=O)N(c2cc(C#CC(C)(C)C)sc2C(=O)O)C(C2CCCCC2)C1. The van der Waals surface area contributed by atoms with E-state index in [4.69, 9.17) is 4.52 Å². The van der Waals surface area contributed by atoms with Crippen LogP contribution < -0.4 is 4.90 Å². The van der Waals surface area contributed by atoms with Crippen molar-refractivity contribution < 1.29 is 27.6 Å². The van der Waals surface area contributed by atoms with Crippen molar-refractivity contribution in [2.45, 2.75) is 70.7 Å². The molecule has 1 atom stereocenters. The van der Waals surface area contributed by atoms with Gasteiger partial charge in [0.1, 0.15) is 9.77 Å². The van der Waals surface area contributed by atoms with E-state index < -0.39 is 34.5 Å². The molecule has 1 saturated heterocycles. The Morgan fingerprint density at radius 2 is 1.94 bits per heavy atom. The van der Waals surface area contributed by atoms with Gasteiger partial charge in [-0.3, -0.25) is 4.79 Å². The van der Waals surface area contributed by atoms with E-state index in [0.29, 0.717) is 10.6 Å². The summed E-state index contributed by atoms with van der Waals surface area (Å²) in [6, 6.07) is 1.17. The summed E-state index contributed by atoms with van der Waals surface area (Å²) < 4.78 is 32.9. The van der Waals surface area contributed by atoms with Crippen molar-refractivity contribution >= 4 is 38.9 Å². The van der Waals surface area contributed by atoms with Gasteiger partial charge in [-0.2, -0.15) is 4.31 Å². The van der Waals surface area contributed by atoms with Gasteiger partial charge >= 0.3 is 5.97 Å². The maximum Gasteiger partial charge on any atom is 0.348 e. The number of rotatable bonds is 5. The van der Waals surface area contributed by atoms with Crippen LogP contribution in [0.3, 0.4) is 0 Å². The minimum atomic E-state index is -4.01. The third-order valence-corrected chi connectivity index (χ3v) is 9.48. The summed E-state index contributed by atoms with van der Waals surface area (Å²) >= 11 is 1.04. The largest absolute Gasteiger partial charge is 0.477 e. The van der Waals surface area contributed by atoms with Crippen LogP contribution in [0.5, 0.6) is 0 Å². The Morgan fingerprint density at radius 1 is 1.25 bits per heavy atom. The Hall–Kier alpha value is -2.68. The predicted molar refractivity (Wildman–Crippen MR) is 135 cm³/mol. The topological polar surface area (TPSA) is 121 Å². The maximum atomic E-state index is 13.6. The molecule has 0 aromatic carbocycles. The Morgan fingerprint density at radius 3 is 2.53 bits per heavy atom. The van der Waals surface area contributed by atoms with Crippen LogP contribution in [0, 0.1) is 30.1 Å². The van der Waals surface area contributed by atoms with E-state index >= 15 is 0 Å². The first-order valence-corrected chi connectivity index (χ1v) is 14.3. The molecule has 1 amide bonds. The third kappa shape index (κ3) is 5.36. The molecule has 2 aromatic heterocycles. The average molecular weight is 534 g/mol. The van der Waals surface area contributed by atoms with Crippen LogP contribution in [0.2, 0.25) is 0 Å². The number of piperazine rings is 1. The normalized spacial score (nSPS) is 20.3. The molecule has 194 valence electrons. The summed E-state index contributed by atoms with van der Waals surface area (Å²) in [5.74, 6) is 4.79. The van der Waals surface area contributed by atoms with E-state index in [-0.39, 0.29) is 33.4 Å². The summed E-state index contributed by atoms with van der Waals surface area (Å²) in [5.41, 5.74) is 0.0260. The Bertz CT molecular complexity index is 1320. The van der Waals surface area contributed by atoms with Gasteiger partial charge in [-0.05, 0) is 52.5 Å². The summed E-state index contributed by atoms with van der Waals surface area (Å²) in [4.78, 5) is 27.9. The molecule has 36 heavy (non-hydrogen) atoms. The quantitative estimate of drug-likeness (QED) is 0.574. The van der Waals surface area contributed by atoms with E-state index in [2.05, 4.69) is 17.0 Å². The molecule has 3 heterocycles. The fourth-order valence-electron chi connectivity index (χ4n) is 4.84. The molecule has 11 heteroatoms. The van der Waals surface area contributed by atoms with Crippen LogP contribution in [-0.4, -0.2) is 54.0 Å². The second-order valence-electron chi connectivity index (χ2n) is 10.4. The number of carboxylic acid groups (broad SMARTS) is 1. The minimum Gasteiger partial charge on any atom is -0.477 e. The monoisotopic (exact) mass is 533 g/mol. The number of anilines is 1. The highest BCUT2D eigenvalue weighted by atomic mass is 32.2. The van der Waals surface area contributed by atoms with Crippen LogP contribution >= 0.6 is 11.3 Å². The van der Waals surface area contributed by atoms with Crippen LogP contribution in [0.4, 0.5) is 5.69 Å². The Labute approximate surface area is 215 Å². The third-order valence-electron chi connectivity index (χ3n) is 6.55. The number of carbonyl (C=O) groups is 2. The number of nitrogens with zero attached hydrogens (tertiary/aromatic N) is 3. The Kier molecular flexibility index (Phi) is 7.33. The average Bonchev–Trinajstić information content (AvgIpc) is 3.44. The van der Waals surface area contributed by atoms with Crippen LogP contribution in [-0.2, 0) is 14.8 Å². The van der Waals surface area contributed by atoms with Gasteiger partial charge in [0.15, 0.2) is 5.76 Å². The second kappa shape index (κ2) is 10.00. The van der Waals surface area contributed by atoms with Crippen molar-refractivity contribution in [1.82, 2.24) is 9.46 Å². The molecule has 1 unspecified atom stereocenters. The van der Waals surface area contributed by atoms with Gasteiger partial charge < -0.3 is 14.5 Å². The fourth-order valence-corrected chi connectivity index (χ4v) is 7.17. The standard InChI is InChI=1S/C25H31N3O6S2/c1-16-21(13-26-34-16)36(32,33)27-14-20(17-8-6-5-7-9-17)28(22(29)15-27)19-12-18(10-11-25(2,3)4)35-23(19)24(30)31/h12-13,17,20H,5-9,14-15H2,1-4H3,(H,30,31). The Balaban J connectivity index is 1.77. The van der Waals surface area contributed by atoms with Gasteiger partial charge in [0.2, 0.25) is 15.9 Å². The molecule has 0 bridgehead atoms. The van der Waals surface area contributed by atoms with Crippen LogP contribution in [0.15, 0.2) is 21.7 Å². The number of carbonyl (C=O) groups excluding carboxylic acids is 1. The molecule has 0 spiro atoms. The van der Waals surface area contributed by atoms with Crippen molar-refractivity contribution in [2.75, 3.05) is 18.0 Å². The number of amides is 1. The molecule has 4 rings (SSSR count). The number of hydrogen-bond donors (Lipinski definition) is 1. The van der Waals surface area contributed by atoms with Crippen LogP contribution in [0.1, 0.15) is 73.2 Å². The van der Waals surface area contributed by atoms with Gasteiger partial charge in [0.05, 0.1) is 29.3 Å². The first-order chi connectivity index (χ1) is 16.9. The maximum absolute atomic E-state index is 13.6. The van der Waals surface area contributed by atoms with Gasteiger partial charge in [0, 0.05) is 12.0 Å². The molecule has 0 radical (unpaired) electrons. The molecule has 1 N–H and O–H groups in total. The number of sulfonamides is 1. The first kappa shape index (κ1) is 26.4. The molecule has 2 aliphatic rings. The van der Waals surface area contributed by atoms with Crippen molar-refractivity contribution in [2.24, 2.45) is 11.3 Å². The lowest BCUT2D eigenvalue weighted by Gasteiger charge is -2.44. The van der Waals surface area contributed by atoms with Crippen molar-refractivity contribution in [3.05, 3.63) is 27.8 Å². The number of aromatic carboxylic acids is 1. The number of aromatic nitrogens is 1. The molecular weight excluding hydrogens is 502 g/mol. The zero-order valence-corrected chi connectivity index (χ0v) is 22.5. The lowest BCUT2D eigenvalue weighted by atomic mass is 9.82. The summed E-state index contributed by atoms with van der Waals surface area (Å²) in [7, 11) is -4.01. The van der Waals surface area contributed by atoms with Crippen molar-refractivity contribution in [3.63, 3.8) is 0 Å². The second-order valence-corrected chi connectivity index (χ2v) is 13.4. The van der Waals surface area contributed by atoms with E-state index in [1.807, 2.05) is 20.8 Å². The smallest absolute Gasteiger partial charge is 0.348 e. The zero-order valence-electron chi connectivity index (χ0n) is 20.9. The minimum absolute atomic E-state index is 0.0357. The fraction of sp³-hybridized carbons (Fsp3) is 0.560. The lowest BCUT2D eigenvalue weighted by Crippen LogP contribution is -2.60. The summed E-state index contributed by atoms with van der Waals surface area (Å²) in [5, 5.41) is 13.5. The lowest BCUT2D eigenvalue weighted by molar-refractivity contribution is -0.121. The van der Waals surface area contributed by atoms with E-state index in [9.17, 15) is 23.1 Å². The molecule has 9 nitrogen and oxygen atoms in total. The number of aryl methyl sites for hydroxylation is 1. The predicted octanol–water partition coefficient (Wildman–Crippen LogP) is 4.13. The molecule has 1 saturated carbocycles. The molecule has 2 fully saturated rings. The van der Waals surface area contributed by atoms with Gasteiger partial charge in [-0.25, -0.2) is 13.2 Å². The zero-order chi connectivity index (χ0) is 26.3. The van der Waals surface area contributed by atoms with Gasteiger partial charge in [-0.1, -0.05) is 36.3 Å². The molecule has 2 aromatic rings. The van der Waals surface area contributed by atoms with E-state index in [0.717, 1.165) is 49.6 Å². The van der Waals surface area contributed by atoms with Crippen LogP contribution in [0.25, 0.3) is 0 Å². The molecular formula is C25H31N3O6S2. The first-order valence-electron chi connectivity index (χ1n) is 12.0. The number of thiophene rings is 1. The highest BCUT2D eigenvalue weighted by Crippen LogP contribution is 2.39. The number of carboxylic acids is 1. The van der Waals surface area contributed by atoms with E-state index in [1.54, 1.807) is 6.07 Å².